The molecule has 0 unspecified atom stereocenters. The van der Waals surface area contributed by atoms with Gasteiger partial charge in [0, 0.05) is 6.54 Å². The maximum atomic E-state index is 14.4. The number of para-hydroxylation sites is 1. The van der Waals surface area contributed by atoms with E-state index in [0.717, 1.165) is 5.52 Å². The topological polar surface area (TPSA) is 138 Å². The highest BCUT2D eigenvalue weighted by Crippen LogP contribution is 2.59. The van der Waals surface area contributed by atoms with Gasteiger partial charge >= 0.3 is 5.97 Å². The molecule has 2 aromatic rings. The number of carboxylic acids is 1. The Kier molecular flexibility index (Phi) is 6.53. The summed E-state index contributed by atoms with van der Waals surface area (Å²) < 4.78 is 7.91. The average molecular weight is 512 g/mol. The first kappa shape index (κ1) is 25.3. The molecule has 0 aliphatic carbocycles. The Bertz CT molecular complexity index is 1230. The fourth-order valence-corrected chi connectivity index (χ4v) is 6.55. The van der Waals surface area contributed by atoms with Gasteiger partial charge in [-0.15, -0.1) is 11.7 Å². The van der Waals surface area contributed by atoms with Crippen molar-refractivity contribution in [2.24, 2.45) is 17.8 Å². The molecule has 5 rings (SSSR count). The number of hydrogen-bond donors (Lipinski definition) is 2. The number of ether oxygens (including phenoxy) is 1. The Morgan fingerprint density at radius 1 is 1.38 bits per heavy atom. The van der Waals surface area contributed by atoms with E-state index in [9.17, 15) is 24.6 Å². The highest BCUT2D eigenvalue weighted by atomic mass is 16.5. The zero-order chi connectivity index (χ0) is 26.5. The van der Waals surface area contributed by atoms with Crippen molar-refractivity contribution >= 4 is 28.8 Å². The maximum absolute atomic E-state index is 14.4. The van der Waals surface area contributed by atoms with Crippen LogP contribution in [0.15, 0.2) is 36.9 Å². The Morgan fingerprint density at radius 2 is 2.14 bits per heavy atom. The van der Waals surface area contributed by atoms with Gasteiger partial charge in [0.25, 0.3) is 0 Å². The molecule has 11 heteroatoms. The number of carboxylic acid groups (broad SMARTS) is 1. The maximum Gasteiger partial charge on any atom is 0.310 e. The van der Waals surface area contributed by atoms with Crippen molar-refractivity contribution in [2.45, 2.75) is 63.6 Å². The Morgan fingerprint density at radius 3 is 2.81 bits per heavy atom. The summed E-state index contributed by atoms with van der Waals surface area (Å²) in [6.45, 7) is 7.56. The lowest BCUT2D eigenvalue weighted by Gasteiger charge is -2.40. The lowest BCUT2D eigenvalue weighted by molar-refractivity contribution is -0.155. The minimum atomic E-state index is -1.26. The van der Waals surface area contributed by atoms with Crippen molar-refractivity contribution < 1.29 is 29.3 Å². The third-order valence-corrected chi connectivity index (χ3v) is 8.49. The van der Waals surface area contributed by atoms with Crippen LogP contribution in [0.1, 0.15) is 33.1 Å². The van der Waals surface area contributed by atoms with E-state index < -0.39 is 47.5 Å². The lowest BCUT2D eigenvalue weighted by Crippen LogP contribution is -2.60. The SMILES string of the molecule is C=CCN(Cn1nnc2ccccc21)C(=O)[C@@H]1N([C@@H](CO)[C@@H](C)CC)C(=O)[C@H]2[C@H](C(=O)O)[C@@H]3CC[C@]12O3. The van der Waals surface area contributed by atoms with E-state index in [1.54, 1.807) is 10.8 Å². The zero-order valence-corrected chi connectivity index (χ0v) is 21.1. The van der Waals surface area contributed by atoms with E-state index in [1.165, 1.54) is 9.80 Å². The zero-order valence-electron chi connectivity index (χ0n) is 21.1. The number of fused-ring (bicyclic) bond motifs is 2. The number of hydrogen-bond acceptors (Lipinski definition) is 7. The number of benzene rings is 1. The number of rotatable bonds is 10. The van der Waals surface area contributed by atoms with Gasteiger partial charge in [-0.05, 0) is 30.9 Å². The number of carbonyl (C=O) groups excluding carboxylic acids is 2. The predicted molar refractivity (Wildman–Crippen MR) is 132 cm³/mol. The number of nitrogens with zero attached hydrogens (tertiary/aromatic N) is 5. The number of aliphatic hydroxyl groups excluding tert-OH is 1. The second-order valence-corrected chi connectivity index (χ2v) is 10.3. The Balaban J connectivity index is 1.57. The van der Waals surface area contributed by atoms with Crippen LogP contribution in [0.3, 0.4) is 0 Å². The molecule has 4 heterocycles. The summed E-state index contributed by atoms with van der Waals surface area (Å²) in [5.41, 5.74) is 0.174. The van der Waals surface area contributed by atoms with E-state index >= 15 is 0 Å². The summed E-state index contributed by atoms with van der Waals surface area (Å²) in [5.74, 6) is -4.04. The highest BCUT2D eigenvalue weighted by molar-refractivity contribution is 5.98. The molecule has 2 N–H and O–H groups in total. The van der Waals surface area contributed by atoms with Gasteiger partial charge in [0.15, 0.2) is 0 Å². The standard InChI is InChI=1S/C26H33N5O6/c1-4-12-29(14-30-17-9-7-6-8-16(17)27-28-30)24(34)22-26-11-10-19(37-26)20(25(35)36)21(26)23(33)31(22)18(13-32)15(3)5-2/h4,6-9,15,18-22,32H,1,5,10-14H2,2-3H3,(H,35,36)/t15-,18-,19-,20+,21+,22-,26+/m0/s1. The van der Waals surface area contributed by atoms with Crippen LogP contribution in [-0.4, -0.2) is 89.7 Å². The number of likely N-dealkylation sites (tertiary alicyclic amines) is 1. The average Bonchev–Trinajstić information content (AvgIpc) is 3.64. The quantitative estimate of drug-likeness (QED) is 0.455. The summed E-state index contributed by atoms with van der Waals surface area (Å²) in [5, 5.41) is 28.7. The van der Waals surface area contributed by atoms with Gasteiger partial charge < -0.3 is 24.7 Å². The smallest absolute Gasteiger partial charge is 0.310 e. The van der Waals surface area contributed by atoms with Crippen LogP contribution in [0.25, 0.3) is 11.0 Å². The fraction of sp³-hybridized carbons (Fsp3) is 0.577. The molecule has 7 atom stereocenters. The summed E-state index contributed by atoms with van der Waals surface area (Å²) in [7, 11) is 0. The minimum Gasteiger partial charge on any atom is -0.481 e. The van der Waals surface area contributed by atoms with E-state index in [4.69, 9.17) is 4.74 Å². The van der Waals surface area contributed by atoms with Crippen LogP contribution < -0.4 is 0 Å². The molecule has 3 aliphatic heterocycles. The van der Waals surface area contributed by atoms with Crippen molar-refractivity contribution in [2.75, 3.05) is 13.2 Å². The van der Waals surface area contributed by atoms with Crippen molar-refractivity contribution in [3.05, 3.63) is 36.9 Å². The number of aliphatic carboxylic acids is 1. The van der Waals surface area contributed by atoms with Crippen LogP contribution in [0.4, 0.5) is 0 Å². The molecule has 0 saturated carbocycles. The molecule has 2 amide bonds. The number of carbonyl (C=O) groups is 3. The molecule has 37 heavy (non-hydrogen) atoms. The van der Waals surface area contributed by atoms with Gasteiger partial charge in [-0.3, -0.25) is 14.4 Å². The van der Waals surface area contributed by atoms with E-state index in [2.05, 4.69) is 16.9 Å². The Labute approximate surface area is 214 Å². The third kappa shape index (κ3) is 3.74. The van der Waals surface area contributed by atoms with Gasteiger partial charge in [-0.2, -0.15) is 0 Å². The molecule has 3 saturated heterocycles. The summed E-state index contributed by atoms with van der Waals surface area (Å²) >= 11 is 0. The van der Waals surface area contributed by atoms with Gasteiger partial charge in [0.1, 0.15) is 23.8 Å². The molecule has 198 valence electrons. The molecule has 11 nitrogen and oxygen atoms in total. The molecule has 1 aromatic carbocycles. The first-order chi connectivity index (χ1) is 17.8. The monoisotopic (exact) mass is 511 g/mol. The molecular formula is C26H33N5O6. The molecular weight excluding hydrogens is 478 g/mol. The molecule has 1 spiro atoms. The van der Waals surface area contributed by atoms with Gasteiger partial charge in [-0.1, -0.05) is 43.7 Å². The number of aromatic nitrogens is 3. The number of aliphatic hydroxyl groups is 1. The summed E-state index contributed by atoms with van der Waals surface area (Å²) in [6, 6.07) is 5.68. The third-order valence-electron chi connectivity index (χ3n) is 8.49. The highest BCUT2D eigenvalue weighted by Gasteiger charge is 2.75. The molecule has 1 aromatic heterocycles. The minimum absolute atomic E-state index is 0.0591. The van der Waals surface area contributed by atoms with E-state index in [1.807, 2.05) is 38.1 Å². The number of amides is 2. The lowest BCUT2D eigenvalue weighted by atomic mass is 9.70. The summed E-state index contributed by atoms with van der Waals surface area (Å²) in [4.78, 5) is 43.6. The Hall–Kier alpha value is -3.31. The van der Waals surface area contributed by atoms with Crippen LogP contribution in [-0.2, 0) is 25.8 Å². The fourth-order valence-electron chi connectivity index (χ4n) is 6.55. The van der Waals surface area contributed by atoms with E-state index in [-0.39, 0.29) is 31.6 Å². The van der Waals surface area contributed by atoms with Crippen molar-refractivity contribution in [3.63, 3.8) is 0 Å². The van der Waals surface area contributed by atoms with Crippen LogP contribution in [0, 0.1) is 17.8 Å². The molecule has 2 bridgehead atoms. The van der Waals surface area contributed by atoms with Crippen LogP contribution in [0.5, 0.6) is 0 Å². The van der Waals surface area contributed by atoms with Gasteiger partial charge in [0.05, 0.1) is 36.1 Å². The predicted octanol–water partition coefficient (Wildman–Crippen LogP) is 1.27. The van der Waals surface area contributed by atoms with E-state index in [0.29, 0.717) is 24.8 Å². The largest absolute Gasteiger partial charge is 0.481 e. The first-order valence-corrected chi connectivity index (χ1v) is 12.8. The van der Waals surface area contributed by atoms with Crippen molar-refractivity contribution in [3.8, 4) is 0 Å². The normalized spacial score (nSPS) is 29.9. The van der Waals surface area contributed by atoms with Crippen LogP contribution in [0.2, 0.25) is 0 Å². The van der Waals surface area contributed by atoms with Gasteiger partial charge in [0.2, 0.25) is 11.8 Å². The summed E-state index contributed by atoms with van der Waals surface area (Å²) in [6.07, 6.45) is 2.50. The van der Waals surface area contributed by atoms with Gasteiger partial charge in [-0.25, -0.2) is 4.68 Å². The second kappa shape index (κ2) is 9.53. The van der Waals surface area contributed by atoms with Crippen LogP contribution >= 0.6 is 0 Å². The first-order valence-electron chi connectivity index (χ1n) is 12.8. The molecule has 0 radical (unpaired) electrons. The molecule has 3 aliphatic rings. The second-order valence-electron chi connectivity index (χ2n) is 10.3. The van der Waals surface area contributed by atoms with Crippen molar-refractivity contribution in [1.29, 1.82) is 0 Å². The van der Waals surface area contributed by atoms with Crippen molar-refractivity contribution in [1.82, 2.24) is 24.8 Å². The molecule has 3 fully saturated rings.